The molecule has 0 atom stereocenters. The third-order valence-electron chi connectivity index (χ3n) is 2.12. The lowest BCUT2D eigenvalue weighted by Crippen LogP contribution is -2.04. The molecule has 0 amide bonds. The molecule has 1 N–H and O–H groups in total. The molecule has 0 spiro atoms. The van der Waals surface area contributed by atoms with Crippen molar-refractivity contribution in [1.29, 1.82) is 0 Å². The minimum atomic E-state index is -3.05. The smallest absolute Gasteiger partial charge is 0.387 e. The molecule has 0 bridgehead atoms. The van der Waals surface area contributed by atoms with Crippen LogP contribution in [0.2, 0.25) is 4.34 Å². The van der Waals surface area contributed by atoms with Crippen LogP contribution >= 0.6 is 22.9 Å². The van der Waals surface area contributed by atoms with Gasteiger partial charge in [-0.25, -0.2) is 9.37 Å². The Kier molecular flexibility index (Phi) is 4.49. The third-order valence-corrected chi connectivity index (χ3v) is 3.23. The zero-order valence-corrected chi connectivity index (χ0v) is 10.9. The van der Waals surface area contributed by atoms with Crippen LogP contribution in [0.1, 0.15) is 5.01 Å². The molecule has 2 aromatic rings. The number of ether oxygens (including phenoxy) is 1. The van der Waals surface area contributed by atoms with Crippen LogP contribution in [0.5, 0.6) is 5.75 Å². The minimum absolute atomic E-state index is 0.367. The van der Waals surface area contributed by atoms with Crippen LogP contribution in [0.25, 0.3) is 0 Å². The summed E-state index contributed by atoms with van der Waals surface area (Å²) in [6.45, 7) is -2.68. The van der Waals surface area contributed by atoms with Gasteiger partial charge in [0.25, 0.3) is 0 Å². The highest BCUT2D eigenvalue weighted by molar-refractivity contribution is 7.15. The normalized spacial score (nSPS) is 10.8. The van der Waals surface area contributed by atoms with Gasteiger partial charge in [0.15, 0.2) is 11.6 Å². The van der Waals surface area contributed by atoms with E-state index in [1.54, 1.807) is 0 Å². The van der Waals surface area contributed by atoms with E-state index in [-0.39, 0.29) is 0 Å². The second kappa shape index (κ2) is 6.12. The number of halogens is 4. The first-order valence-electron chi connectivity index (χ1n) is 5.13. The van der Waals surface area contributed by atoms with Crippen molar-refractivity contribution in [3.05, 3.63) is 39.6 Å². The van der Waals surface area contributed by atoms with Gasteiger partial charge >= 0.3 is 6.61 Å². The maximum atomic E-state index is 13.4. The Balaban J connectivity index is 1.99. The number of rotatable bonds is 5. The Hall–Kier alpha value is -1.47. The van der Waals surface area contributed by atoms with Gasteiger partial charge in [-0.05, 0) is 12.1 Å². The lowest BCUT2D eigenvalue weighted by atomic mass is 10.3. The first kappa shape index (κ1) is 14.0. The largest absolute Gasteiger partial charge is 0.432 e. The Morgan fingerprint density at radius 1 is 1.42 bits per heavy atom. The SMILES string of the molecule is Fc1cc(NCc2ncc(Cl)s2)ccc1OC(F)F. The van der Waals surface area contributed by atoms with E-state index >= 15 is 0 Å². The average Bonchev–Trinajstić information content (AvgIpc) is 2.75. The highest BCUT2D eigenvalue weighted by Crippen LogP contribution is 2.24. The number of benzene rings is 1. The molecule has 1 aromatic carbocycles. The molecule has 0 saturated carbocycles. The summed E-state index contributed by atoms with van der Waals surface area (Å²) in [6.07, 6.45) is 1.52. The molecule has 102 valence electrons. The fraction of sp³-hybridized carbons (Fsp3) is 0.182. The number of thiazole rings is 1. The van der Waals surface area contributed by atoms with E-state index in [4.69, 9.17) is 11.6 Å². The maximum Gasteiger partial charge on any atom is 0.387 e. The Morgan fingerprint density at radius 3 is 2.79 bits per heavy atom. The molecule has 0 aliphatic rings. The highest BCUT2D eigenvalue weighted by Gasteiger charge is 2.10. The van der Waals surface area contributed by atoms with Gasteiger partial charge in [-0.1, -0.05) is 11.6 Å². The molecule has 0 aliphatic heterocycles. The number of aromatic nitrogens is 1. The lowest BCUT2D eigenvalue weighted by molar-refractivity contribution is -0.0521. The molecule has 0 unspecified atom stereocenters. The van der Waals surface area contributed by atoms with Crippen molar-refractivity contribution in [2.75, 3.05) is 5.32 Å². The molecule has 3 nitrogen and oxygen atoms in total. The van der Waals surface area contributed by atoms with E-state index in [9.17, 15) is 13.2 Å². The van der Waals surface area contributed by atoms with Gasteiger partial charge in [0.1, 0.15) is 9.34 Å². The number of hydrogen-bond donors (Lipinski definition) is 1. The van der Waals surface area contributed by atoms with E-state index in [2.05, 4.69) is 15.0 Å². The van der Waals surface area contributed by atoms with Crippen LogP contribution in [0.15, 0.2) is 24.4 Å². The summed E-state index contributed by atoms with van der Waals surface area (Å²) in [5, 5.41) is 3.64. The summed E-state index contributed by atoms with van der Waals surface area (Å²) < 4.78 is 41.9. The van der Waals surface area contributed by atoms with Crippen LogP contribution in [-0.4, -0.2) is 11.6 Å². The number of anilines is 1. The fourth-order valence-corrected chi connectivity index (χ4v) is 2.25. The summed E-state index contributed by atoms with van der Waals surface area (Å²) in [7, 11) is 0. The standard InChI is InChI=1S/C11H8ClF3N2OS/c12-9-4-17-10(19-9)5-16-6-1-2-8(7(13)3-6)18-11(14)15/h1-4,11,16H,5H2. The van der Waals surface area contributed by atoms with Crippen molar-refractivity contribution in [3.8, 4) is 5.75 Å². The first-order valence-corrected chi connectivity index (χ1v) is 6.32. The third kappa shape index (κ3) is 4.00. The predicted octanol–water partition coefficient (Wildman–Crippen LogP) is 4.15. The fourth-order valence-electron chi connectivity index (χ4n) is 1.35. The van der Waals surface area contributed by atoms with Crippen molar-refractivity contribution in [2.24, 2.45) is 0 Å². The van der Waals surface area contributed by atoms with Crippen LogP contribution in [-0.2, 0) is 6.54 Å². The van der Waals surface area contributed by atoms with Gasteiger partial charge in [-0.3, -0.25) is 0 Å². The molecule has 0 fully saturated rings. The van der Waals surface area contributed by atoms with Gasteiger partial charge in [-0.15, -0.1) is 11.3 Å². The maximum absolute atomic E-state index is 13.4. The number of alkyl halides is 2. The van der Waals surface area contributed by atoms with Gasteiger partial charge in [0.2, 0.25) is 0 Å². The minimum Gasteiger partial charge on any atom is -0.432 e. The average molecular weight is 309 g/mol. The number of nitrogens with one attached hydrogen (secondary N) is 1. The zero-order valence-electron chi connectivity index (χ0n) is 9.37. The molecular formula is C11H8ClF3N2OS. The van der Waals surface area contributed by atoms with Crippen molar-refractivity contribution in [2.45, 2.75) is 13.2 Å². The second-order valence-electron chi connectivity index (χ2n) is 3.44. The summed E-state index contributed by atoms with van der Waals surface area (Å²) in [6, 6.07) is 3.65. The Bertz CT molecular complexity index is 565. The molecule has 2 rings (SSSR count). The van der Waals surface area contributed by atoms with Gasteiger partial charge in [0.05, 0.1) is 12.7 Å². The van der Waals surface area contributed by atoms with E-state index < -0.39 is 18.2 Å². The molecule has 0 saturated heterocycles. The zero-order chi connectivity index (χ0) is 13.8. The molecule has 1 aromatic heterocycles. The van der Waals surface area contributed by atoms with Gasteiger partial charge < -0.3 is 10.1 Å². The van der Waals surface area contributed by atoms with E-state index in [1.807, 2.05) is 0 Å². The van der Waals surface area contributed by atoms with E-state index in [0.29, 0.717) is 16.6 Å². The van der Waals surface area contributed by atoms with E-state index in [0.717, 1.165) is 17.1 Å². The van der Waals surface area contributed by atoms with Gasteiger partial charge in [-0.2, -0.15) is 8.78 Å². The Morgan fingerprint density at radius 2 is 2.21 bits per heavy atom. The first-order chi connectivity index (χ1) is 9.04. The summed E-state index contributed by atoms with van der Waals surface area (Å²) in [5.41, 5.74) is 0.436. The van der Waals surface area contributed by atoms with Crippen LogP contribution in [0.3, 0.4) is 0 Å². The summed E-state index contributed by atoms with van der Waals surface area (Å²) >= 11 is 7.01. The second-order valence-corrected chi connectivity index (χ2v) is 5.18. The van der Waals surface area contributed by atoms with Gasteiger partial charge in [0, 0.05) is 11.8 Å². The van der Waals surface area contributed by atoms with Crippen molar-refractivity contribution >= 4 is 28.6 Å². The van der Waals surface area contributed by atoms with Crippen LogP contribution < -0.4 is 10.1 Å². The summed E-state index contributed by atoms with van der Waals surface area (Å²) in [5.74, 6) is -1.35. The van der Waals surface area contributed by atoms with Crippen molar-refractivity contribution in [1.82, 2.24) is 4.98 Å². The van der Waals surface area contributed by atoms with E-state index in [1.165, 1.54) is 23.6 Å². The number of hydrogen-bond acceptors (Lipinski definition) is 4. The molecular weight excluding hydrogens is 301 g/mol. The van der Waals surface area contributed by atoms with Crippen LogP contribution in [0, 0.1) is 5.82 Å². The highest BCUT2D eigenvalue weighted by atomic mass is 35.5. The summed E-state index contributed by atoms with van der Waals surface area (Å²) in [4.78, 5) is 4.02. The quantitative estimate of drug-likeness (QED) is 0.901. The topological polar surface area (TPSA) is 34.2 Å². The molecule has 8 heteroatoms. The molecule has 0 radical (unpaired) electrons. The Labute approximate surface area is 116 Å². The monoisotopic (exact) mass is 308 g/mol. The predicted molar refractivity (Wildman–Crippen MR) is 67.5 cm³/mol. The van der Waals surface area contributed by atoms with Crippen molar-refractivity contribution < 1.29 is 17.9 Å². The molecule has 19 heavy (non-hydrogen) atoms. The van der Waals surface area contributed by atoms with Crippen LogP contribution in [0.4, 0.5) is 18.9 Å². The lowest BCUT2D eigenvalue weighted by Gasteiger charge is -2.08. The van der Waals surface area contributed by atoms with Crippen molar-refractivity contribution in [3.63, 3.8) is 0 Å². The number of nitrogens with zero attached hydrogens (tertiary/aromatic N) is 1. The molecule has 1 heterocycles. The molecule has 0 aliphatic carbocycles.